The van der Waals surface area contributed by atoms with Crippen LogP contribution in [0.1, 0.15) is 21.5 Å². The first-order valence-electron chi connectivity index (χ1n) is 8.42. The van der Waals surface area contributed by atoms with Crippen molar-refractivity contribution >= 4 is 29.1 Å². The molecule has 0 atom stereocenters. The normalized spacial score (nSPS) is 10.4. The van der Waals surface area contributed by atoms with Gasteiger partial charge >= 0.3 is 0 Å². The summed E-state index contributed by atoms with van der Waals surface area (Å²) < 4.78 is 1.67. The summed E-state index contributed by atoms with van der Waals surface area (Å²) in [5.41, 5.74) is 2.91. The SMILES string of the molecule is CNC(=O)Cc1ccc(NC(=O)c2cnn(Cc3ccccc3Cl)c2)cc1. The minimum Gasteiger partial charge on any atom is -0.359 e. The summed E-state index contributed by atoms with van der Waals surface area (Å²) in [5, 5.41) is 10.3. The molecule has 1 aromatic heterocycles. The van der Waals surface area contributed by atoms with Crippen molar-refractivity contribution in [3.05, 3.63) is 82.6 Å². The van der Waals surface area contributed by atoms with Crippen LogP contribution in [-0.4, -0.2) is 28.6 Å². The predicted octanol–water partition coefficient (Wildman–Crippen LogP) is 3.13. The predicted molar refractivity (Wildman–Crippen MR) is 105 cm³/mol. The molecule has 2 N–H and O–H groups in total. The highest BCUT2D eigenvalue weighted by Gasteiger charge is 2.10. The van der Waals surface area contributed by atoms with Crippen molar-refractivity contribution in [2.75, 3.05) is 12.4 Å². The fraction of sp³-hybridized carbons (Fsp3) is 0.150. The van der Waals surface area contributed by atoms with Crippen LogP contribution in [0.25, 0.3) is 0 Å². The molecule has 0 radical (unpaired) electrons. The third kappa shape index (κ3) is 4.95. The molecule has 7 heteroatoms. The first-order valence-corrected chi connectivity index (χ1v) is 8.79. The number of rotatable bonds is 6. The maximum Gasteiger partial charge on any atom is 0.258 e. The molecule has 0 saturated heterocycles. The van der Waals surface area contributed by atoms with Crippen molar-refractivity contribution in [3.63, 3.8) is 0 Å². The molecule has 27 heavy (non-hydrogen) atoms. The van der Waals surface area contributed by atoms with E-state index in [9.17, 15) is 9.59 Å². The van der Waals surface area contributed by atoms with Gasteiger partial charge in [0.1, 0.15) is 0 Å². The Bertz CT molecular complexity index is 951. The van der Waals surface area contributed by atoms with Gasteiger partial charge < -0.3 is 10.6 Å². The summed E-state index contributed by atoms with van der Waals surface area (Å²) in [6.45, 7) is 0.487. The molecule has 138 valence electrons. The van der Waals surface area contributed by atoms with Gasteiger partial charge in [-0.2, -0.15) is 5.10 Å². The maximum absolute atomic E-state index is 12.4. The zero-order valence-corrected chi connectivity index (χ0v) is 15.5. The molecule has 2 aromatic carbocycles. The van der Waals surface area contributed by atoms with E-state index in [4.69, 9.17) is 11.6 Å². The van der Waals surface area contributed by atoms with Gasteiger partial charge in [0.15, 0.2) is 0 Å². The molecule has 0 spiro atoms. The highest BCUT2D eigenvalue weighted by Crippen LogP contribution is 2.16. The average molecular weight is 383 g/mol. The van der Waals surface area contributed by atoms with Crippen molar-refractivity contribution in [2.24, 2.45) is 0 Å². The lowest BCUT2D eigenvalue weighted by Gasteiger charge is -2.06. The van der Waals surface area contributed by atoms with Crippen molar-refractivity contribution in [1.82, 2.24) is 15.1 Å². The van der Waals surface area contributed by atoms with Crippen LogP contribution in [0.15, 0.2) is 60.9 Å². The first-order chi connectivity index (χ1) is 13.0. The van der Waals surface area contributed by atoms with E-state index in [2.05, 4.69) is 15.7 Å². The van der Waals surface area contributed by atoms with E-state index in [1.807, 2.05) is 36.4 Å². The van der Waals surface area contributed by atoms with Crippen LogP contribution < -0.4 is 10.6 Å². The van der Waals surface area contributed by atoms with Gasteiger partial charge in [-0.25, -0.2) is 0 Å². The summed E-state index contributed by atoms with van der Waals surface area (Å²) in [4.78, 5) is 23.8. The van der Waals surface area contributed by atoms with Gasteiger partial charge in [-0.05, 0) is 29.3 Å². The van der Waals surface area contributed by atoms with Gasteiger partial charge in [0, 0.05) is 24.0 Å². The molecule has 0 saturated carbocycles. The number of aromatic nitrogens is 2. The van der Waals surface area contributed by atoms with Gasteiger partial charge in [0.2, 0.25) is 5.91 Å². The van der Waals surface area contributed by atoms with Gasteiger partial charge in [-0.3, -0.25) is 14.3 Å². The van der Waals surface area contributed by atoms with Crippen LogP contribution in [0.3, 0.4) is 0 Å². The number of hydrogen-bond acceptors (Lipinski definition) is 3. The standard InChI is InChI=1S/C20H19ClN4O2/c1-22-19(26)10-14-6-8-17(9-7-14)24-20(27)16-11-23-25(13-16)12-15-4-2-3-5-18(15)21/h2-9,11,13H,10,12H2,1H3,(H,22,26)(H,24,27). The second kappa shape index (κ2) is 8.51. The molecule has 0 fully saturated rings. The monoisotopic (exact) mass is 382 g/mol. The number of halogens is 1. The van der Waals surface area contributed by atoms with E-state index in [0.717, 1.165) is 11.1 Å². The number of likely N-dealkylation sites (N-methyl/N-ethyl adjacent to an activating group) is 1. The fourth-order valence-corrected chi connectivity index (χ4v) is 2.75. The molecule has 1 heterocycles. The summed E-state index contributed by atoms with van der Waals surface area (Å²) in [7, 11) is 1.60. The van der Waals surface area contributed by atoms with Gasteiger partial charge in [-0.1, -0.05) is 41.9 Å². The van der Waals surface area contributed by atoms with Crippen molar-refractivity contribution in [2.45, 2.75) is 13.0 Å². The van der Waals surface area contributed by atoms with Crippen LogP contribution in [-0.2, 0) is 17.8 Å². The second-order valence-corrected chi connectivity index (χ2v) is 6.43. The zero-order chi connectivity index (χ0) is 19.2. The van der Waals surface area contributed by atoms with E-state index >= 15 is 0 Å². The number of amides is 2. The topological polar surface area (TPSA) is 76.0 Å². The number of anilines is 1. The summed E-state index contributed by atoms with van der Waals surface area (Å²) >= 11 is 6.16. The van der Waals surface area contributed by atoms with Crippen LogP contribution in [0, 0.1) is 0 Å². The van der Waals surface area contributed by atoms with Crippen LogP contribution in [0.2, 0.25) is 5.02 Å². The quantitative estimate of drug-likeness (QED) is 0.687. The third-order valence-corrected chi connectivity index (χ3v) is 4.41. The van der Waals surface area contributed by atoms with Gasteiger partial charge in [0.05, 0.1) is 24.7 Å². The van der Waals surface area contributed by atoms with Gasteiger partial charge in [0.25, 0.3) is 5.91 Å². The average Bonchev–Trinajstić information content (AvgIpc) is 3.14. The Kier molecular flexibility index (Phi) is 5.88. The zero-order valence-electron chi connectivity index (χ0n) is 14.8. The van der Waals surface area contributed by atoms with E-state index in [1.54, 1.807) is 30.1 Å². The number of benzene rings is 2. The van der Waals surface area contributed by atoms with Crippen LogP contribution >= 0.6 is 11.6 Å². The molecule has 3 aromatic rings. The molecule has 6 nitrogen and oxygen atoms in total. The van der Waals surface area contributed by atoms with Crippen molar-refractivity contribution in [3.8, 4) is 0 Å². The number of nitrogens with zero attached hydrogens (tertiary/aromatic N) is 2. The first kappa shape index (κ1) is 18.7. The molecule has 0 aliphatic heterocycles. The molecule has 3 rings (SSSR count). The Hall–Kier alpha value is -3.12. The molecule has 2 amide bonds. The summed E-state index contributed by atoms with van der Waals surface area (Å²) in [6, 6.07) is 14.7. The number of hydrogen-bond donors (Lipinski definition) is 2. The van der Waals surface area contributed by atoms with Crippen LogP contribution in [0.5, 0.6) is 0 Å². The van der Waals surface area contributed by atoms with E-state index < -0.39 is 0 Å². The molecule has 0 unspecified atom stereocenters. The molecule has 0 bridgehead atoms. The molecular weight excluding hydrogens is 364 g/mol. The van der Waals surface area contributed by atoms with Gasteiger partial charge in [-0.15, -0.1) is 0 Å². The molecular formula is C20H19ClN4O2. The van der Waals surface area contributed by atoms with E-state index in [-0.39, 0.29) is 11.8 Å². The lowest BCUT2D eigenvalue weighted by molar-refractivity contribution is -0.119. The van der Waals surface area contributed by atoms with Crippen LogP contribution in [0.4, 0.5) is 5.69 Å². The largest absolute Gasteiger partial charge is 0.359 e. The fourth-order valence-electron chi connectivity index (χ4n) is 2.55. The number of carbonyl (C=O) groups is 2. The van der Waals surface area contributed by atoms with E-state index in [1.165, 1.54) is 6.20 Å². The minimum atomic E-state index is -0.251. The highest BCUT2D eigenvalue weighted by atomic mass is 35.5. The number of carbonyl (C=O) groups excluding carboxylic acids is 2. The van der Waals surface area contributed by atoms with Crippen molar-refractivity contribution < 1.29 is 9.59 Å². The minimum absolute atomic E-state index is 0.0577. The Morgan fingerprint density at radius 3 is 2.56 bits per heavy atom. The lowest BCUT2D eigenvalue weighted by atomic mass is 10.1. The Morgan fingerprint density at radius 2 is 1.85 bits per heavy atom. The Morgan fingerprint density at radius 1 is 1.11 bits per heavy atom. The van der Waals surface area contributed by atoms with Crippen molar-refractivity contribution in [1.29, 1.82) is 0 Å². The lowest BCUT2D eigenvalue weighted by Crippen LogP contribution is -2.19. The molecule has 0 aliphatic carbocycles. The summed E-state index contributed by atoms with van der Waals surface area (Å²) in [5.74, 6) is -0.308. The number of nitrogens with one attached hydrogen (secondary N) is 2. The Balaban J connectivity index is 1.62. The second-order valence-electron chi connectivity index (χ2n) is 6.02. The maximum atomic E-state index is 12.4. The summed E-state index contributed by atoms with van der Waals surface area (Å²) in [6.07, 6.45) is 3.50. The third-order valence-electron chi connectivity index (χ3n) is 4.04. The highest BCUT2D eigenvalue weighted by molar-refractivity contribution is 6.31. The van der Waals surface area contributed by atoms with E-state index in [0.29, 0.717) is 29.2 Å². The Labute approximate surface area is 162 Å². The molecule has 0 aliphatic rings. The smallest absolute Gasteiger partial charge is 0.258 e.